The molecule has 1 amide bonds. The van der Waals surface area contributed by atoms with E-state index in [9.17, 15) is 9.59 Å². The van der Waals surface area contributed by atoms with Gasteiger partial charge in [0.2, 0.25) is 5.91 Å². The van der Waals surface area contributed by atoms with Crippen molar-refractivity contribution in [3.63, 3.8) is 0 Å². The minimum atomic E-state index is -4.02. The van der Waals surface area contributed by atoms with E-state index in [0.29, 0.717) is 19.6 Å². The first-order chi connectivity index (χ1) is 16.2. The average molecular weight is 496 g/mol. The first-order valence-corrected chi connectivity index (χ1v) is 12.5. The van der Waals surface area contributed by atoms with Gasteiger partial charge < -0.3 is 29.0 Å². The molecule has 0 radical (unpaired) electrons. The van der Waals surface area contributed by atoms with E-state index in [-0.39, 0.29) is 19.8 Å². The van der Waals surface area contributed by atoms with Crippen LogP contribution in [0.4, 0.5) is 8.78 Å². The summed E-state index contributed by atoms with van der Waals surface area (Å²) in [6, 6.07) is -1.33. The maximum atomic E-state index is 15.3. The number of ether oxygens (including phenoxy) is 5. The fraction of sp³-hybridized carbons (Fsp3) is 0.917. The molecule has 200 valence electrons. The first kappa shape index (κ1) is 30.7. The summed E-state index contributed by atoms with van der Waals surface area (Å²) in [5.41, 5.74) is 0. The molecule has 34 heavy (non-hydrogen) atoms. The lowest BCUT2D eigenvalue weighted by molar-refractivity contribution is -0.270. The Morgan fingerprint density at radius 2 is 1.47 bits per heavy atom. The van der Waals surface area contributed by atoms with Crippen LogP contribution in [-0.4, -0.2) is 81.3 Å². The number of hydrogen-bond donors (Lipinski definition) is 1. The maximum Gasteiger partial charge on any atom is 0.379 e. The standard InChI is InChI=1S/C24H43F2NO7/c1-6-10-13-30-16-18-20(32-14-11-7-2)21(33-15-12-8-3)19(27-17(5)28)22(34-18)24(25,26)23(29)31-9-4/h18-22H,6-16H2,1-5H3,(H,27,28)/t18-,19-,20+,21-,22+/m1/s1. The second kappa shape index (κ2) is 16.3. The van der Waals surface area contributed by atoms with E-state index in [4.69, 9.17) is 18.9 Å². The minimum absolute atomic E-state index is 0.00732. The molecule has 0 aromatic carbocycles. The molecule has 1 heterocycles. The minimum Gasteiger partial charge on any atom is -0.461 e. The first-order valence-electron chi connectivity index (χ1n) is 12.5. The maximum absolute atomic E-state index is 15.3. The summed E-state index contributed by atoms with van der Waals surface area (Å²) in [7, 11) is 0. The number of nitrogens with one attached hydrogen (secondary N) is 1. The van der Waals surface area contributed by atoms with Gasteiger partial charge in [-0.25, -0.2) is 4.79 Å². The molecular formula is C24H43F2NO7. The number of hydrogen-bond acceptors (Lipinski definition) is 7. The Balaban J connectivity index is 3.36. The SMILES string of the molecule is CCCCOC[C@H]1O[C@H](C(F)(F)C(=O)OCC)[C@H](NC(C)=O)[C@@H](OCCCC)[C@H]1OCCCC. The Kier molecular flexibility index (Phi) is 14.7. The van der Waals surface area contributed by atoms with Crippen LogP contribution in [0.5, 0.6) is 0 Å². The lowest BCUT2D eigenvalue weighted by Gasteiger charge is -2.47. The molecule has 10 heteroatoms. The number of alkyl halides is 2. The monoisotopic (exact) mass is 495 g/mol. The highest BCUT2D eigenvalue weighted by molar-refractivity contribution is 5.79. The van der Waals surface area contributed by atoms with E-state index in [1.807, 2.05) is 20.8 Å². The van der Waals surface area contributed by atoms with Crippen molar-refractivity contribution in [2.75, 3.05) is 33.0 Å². The van der Waals surface area contributed by atoms with Gasteiger partial charge in [-0.2, -0.15) is 8.78 Å². The highest BCUT2D eigenvalue weighted by Gasteiger charge is 2.61. The Hall–Kier alpha value is -1.36. The van der Waals surface area contributed by atoms with E-state index in [1.54, 1.807) is 0 Å². The molecular weight excluding hydrogens is 452 g/mol. The van der Waals surface area contributed by atoms with E-state index in [0.717, 1.165) is 32.1 Å². The summed E-state index contributed by atoms with van der Waals surface area (Å²) in [5, 5.41) is 2.53. The third-order valence-corrected chi connectivity index (χ3v) is 5.51. The van der Waals surface area contributed by atoms with Crippen LogP contribution in [0.15, 0.2) is 0 Å². The predicted molar refractivity (Wildman–Crippen MR) is 123 cm³/mol. The van der Waals surface area contributed by atoms with Gasteiger partial charge in [0.15, 0.2) is 6.10 Å². The van der Waals surface area contributed by atoms with Crippen LogP contribution >= 0.6 is 0 Å². The molecule has 1 aliphatic heterocycles. The Morgan fingerprint density at radius 1 is 0.912 bits per heavy atom. The van der Waals surface area contributed by atoms with Gasteiger partial charge in [-0.05, 0) is 26.2 Å². The summed E-state index contributed by atoms with van der Waals surface area (Å²) in [5.74, 6) is -6.28. The van der Waals surface area contributed by atoms with E-state index in [1.165, 1.54) is 13.8 Å². The topological polar surface area (TPSA) is 92.3 Å². The van der Waals surface area contributed by atoms with Gasteiger partial charge in [-0.15, -0.1) is 0 Å². The highest BCUT2D eigenvalue weighted by Crippen LogP contribution is 2.36. The molecule has 5 atom stereocenters. The molecule has 1 fully saturated rings. The molecule has 0 saturated carbocycles. The fourth-order valence-electron chi connectivity index (χ4n) is 3.69. The third-order valence-electron chi connectivity index (χ3n) is 5.51. The van der Waals surface area contributed by atoms with Crippen molar-refractivity contribution in [1.29, 1.82) is 0 Å². The summed E-state index contributed by atoms with van der Waals surface area (Å²) in [6.45, 7) is 9.54. The van der Waals surface area contributed by atoms with E-state index < -0.39 is 48.3 Å². The number of carbonyl (C=O) groups is 2. The average Bonchev–Trinajstić information content (AvgIpc) is 2.78. The summed E-state index contributed by atoms with van der Waals surface area (Å²) >= 11 is 0. The van der Waals surface area contributed by atoms with E-state index >= 15 is 8.78 Å². The molecule has 0 aliphatic carbocycles. The van der Waals surface area contributed by atoms with Crippen LogP contribution in [0.2, 0.25) is 0 Å². The van der Waals surface area contributed by atoms with Crippen LogP contribution in [0, 0.1) is 0 Å². The molecule has 8 nitrogen and oxygen atoms in total. The Labute approximate surface area is 202 Å². The predicted octanol–water partition coefficient (Wildman–Crippen LogP) is 3.64. The molecule has 1 N–H and O–H groups in total. The van der Waals surface area contributed by atoms with Gasteiger partial charge in [0.05, 0.1) is 19.3 Å². The number of carbonyl (C=O) groups excluding carboxylic acids is 2. The number of unbranched alkanes of at least 4 members (excludes halogenated alkanes) is 3. The van der Waals surface area contributed by atoms with Gasteiger partial charge >= 0.3 is 11.9 Å². The van der Waals surface area contributed by atoms with Crippen LogP contribution in [-0.2, 0) is 33.3 Å². The zero-order chi connectivity index (χ0) is 25.6. The number of rotatable bonds is 17. The molecule has 1 rings (SSSR count). The van der Waals surface area contributed by atoms with Crippen molar-refractivity contribution in [3.8, 4) is 0 Å². The van der Waals surface area contributed by atoms with Crippen molar-refractivity contribution >= 4 is 11.9 Å². The van der Waals surface area contributed by atoms with E-state index in [2.05, 4.69) is 10.1 Å². The second-order valence-corrected chi connectivity index (χ2v) is 8.47. The third kappa shape index (κ3) is 9.36. The molecule has 1 saturated heterocycles. The Morgan fingerprint density at radius 3 is 2.00 bits per heavy atom. The van der Waals surface area contributed by atoms with Gasteiger partial charge in [0, 0.05) is 26.7 Å². The second-order valence-electron chi connectivity index (χ2n) is 8.47. The quantitative estimate of drug-likeness (QED) is 0.243. The summed E-state index contributed by atoms with van der Waals surface area (Å²) < 4.78 is 58.9. The number of halogens is 2. The summed E-state index contributed by atoms with van der Waals surface area (Å²) in [6.07, 6.45) is 0.232. The van der Waals surface area contributed by atoms with Gasteiger partial charge in [0.25, 0.3) is 0 Å². The fourth-order valence-corrected chi connectivity index (χ4v) is 3.69. The largest absolute Gasteiger partial charge is 0.461 e. The molecule has 0 unspecified atom stereocenters. The zero-order valence-electron chi connectivity index (χ0n) is 21.3. The van der Waals surface area contributed by atoms with Crippen molar-refractivity contribution < 1.29 is 42.1 Å². The zero-order valence-corrected chi connectivity index (χ0v) is 21.3. The highest BCUT2D eigenvalue weighted by atomic mass is 19.3. The summed E-state index contributed by atoms with van der Waals surface area (Å²) in [4.78, 5) is 24.2. The van der Waals surface area contributed by atoms with Gasteiger partial charge in [-0.1, -0.05) is 40.0 Å². The lowest BCUT2D eigenvalue weighted by atomic mass is 9.88. The van der Waals surface area contributed by atoms with Crippen molar-refractivity contribution in [3.05, 3.63) is 0 Å². The number of amides is 1. The molecule has 0 spiro atoms. The number of esters is 1. The normalized spacial score (nSPS) is 25.2. The van der Waals surface area contributed by atoms with Gasteiger partial charge in [0.1, 0.15) is 18.3 Å². The lowest BCUT2D eigenvalue weighted by Crippen LogP contribution is -2.70. The molecule has 0 aromatic heterocycles. The van der Waals surface area contributed by atoms with Crippen LogP contribution in [0.25, 0.3) is 0 Å². The smallest absolute Gasteiger partial charge is 0.379 e. The molecule has 0 aromatic rings. The van der Waals surface area contributed by atoms with Crippen LogP contribution in [0.3, 0.4) is 0 Å². The van der Waals surface area contributed by atoms with Crippen LogP contribution < -0.4 is 5.32 Å². The Bertz CT molecular complexity index is 594. The molecule has 1 aliphatic rings. The van der Waals surface area contributed by atoms with Crippen LogP contribution in [0.1, 0.15) is 73.1 Å². The van der Waals surface area contributed by atoms with Gasteiger partial charge in [-0.3, -0.25) is 4.79 Å². The molecule has 0 bridgehead atoms. The van der Waals surface area contributed by atoms with Crippen molar-refractivity contribution in [2.24, 2.45) is 0 Å². The van der Waals surface area contributed by atoms with Crippen molar-refractivity contribution in [1.82, 2.24) is 5.32 Å². The van der Waals surface area contributed by atoms with Crippen molar-refractivity contribution in [2.45, 2.75) is 110 Å².